The van der Waals surface area contributed by atoms with Gasteiger partial charge in [0.25, 0.3) is 0 Å². The molecule has 1 aliphatic carbocycles. The summed E-state index contributed by atoms with van der Waals surface area (Å²) in [6, 6.07) is 5.90. The minimum atomic E-state index is 0.723. The fourth-order valence-corrected chi connectivity index (χ4v) is 1.42. The molecular weight excluding hydrogens is 188 g/mol. The van der Waals surface area contributed by atoms with E-state index >= 15 is 0 Å². The molecule has 0 spiro atoms. The van der Waals surface area contributed by atoms with Crippen LogP contribution >= 0.6 is 0 Å². The Morgan fingerprint density at radius 3 is 2.73 bits per heavy atom. The van der Waals surface area contributed by atoms with Crippen molar-refractivity contribution in [3.05, 3.63) is 18.2 Å². The predicted molar refractivity (Wildman–Crippen MR) is 63.4 cm³/mol. The van der Waals surface area contributed by atoms with Crippen molar-refractivity contribution in [3.63, 3.8) is 0 Å². The van der Waals surface area contributed by atoms with Crippen LogP contribution in [0.1, 0.15) is 12.8 Å². The van der Waals surface area contributed by atoms with E-state index in [1.165, 1.54) is 12.8 Å². The molecule has 2 N–H and O–H groups in total. The second-order valence-electron chi connectivity index (χ2n) is 4.37. The van der Waals surface area contributed by atoms with Gasteiger partial charge in [-0.15, -0.1) is 0 Å². The molecular formula is C12H18N2O. The molecule has 2 rings (SSSR count). The molecule has 0 saturated heterocycles. The molecule has 3 heteroatoms. The summed E-state index contributed by atoms with van der Waals surface area (Å²) in [4.78, 5) is 2.05. The van der Waals surface area contributed by atoms with Crippen LogP contribution in [0.15, 0.2) is 18.2 Å². The Labute approximate surface area is 90.8 Å². The zero-order valence-corrected chi connectivity index (χ0v) is 9.36. The van der Waals surface area contributed by atoms with Crippen LogP contribution in [0.3, 0.4) is 0 Å². The number of anilines is 2. The number of nitrogens with two attached hydrogens (primary N) is 1. The van der Waals surface area contributed by atoms with E-state index in [0.29, 0.717) is 0 Å². The standard InChI is InChI=1S/C12H18N2O/c1-14(2)10-5-6-11(13)12(7-10)15-8-9-3-4-9/h5-7,9H,3-4,8,13H2,1-2H3. The number of nitrogen functional groups attached to an aromatic ring is 1. The molecule has 1 saturated carbocycles. The highest BCUT2D eigenvalue weighted by molar-refractivity contribution is 5.61. The summed E-state index contributed by atoms with van der Waals surface area (Å²) in [6.07, 6.45) is 2.60. The quantitative estimate of drug-likeness (QED) is 0.767. The summed E-state index contributed by atoms with van der Waals surface area (Å²) in [6.45, 7) is 0.807. The van der Waals surface area contributed by atoms with Gasteiger partial charge in [-0.25, -0.2) is 0 Å². The minimum absolute atomic E-state index is 0.723. The Hall–Kier alpha value is -1.38. The molecule has 15 heavy (non-hydrogen) atoms. The van der Waals surface area contributed by atoms with Gasteiger partial charge in [-0.3, -0.25) is 0 Å². The molecule has 0 aromatic heterocycles. The Kier molecular flexibility index (Phi) is 2.71. The highest BCUT2D eigenvalue weighted by Crippen LogP contribution is 2.32. The van der Waals surface area contributed by atoms with Crippen LogP contribution in [0.2, 0.25) is 0 Å². The molecule has 0 bridgehead atoms. The van der Waals surface area contributed by atoms with Crippen molar-refractivity contribution in [1.29, 1.82) is 0 Å². The summed E-state index contributed by atoms with van der Waals surface area (Å²) >= 11 is 0. The van der Waals surface area contributed by atoms with Crippen molar-refractivity contribution in [2.75, 3.05) is 31.3 Å². The highest BCUT2D eigenvalue weighted by atomic mass is 16.5. The first kappa shape index (κ1) is 10.1. The van der Waals surface area contributed by atoms with Crippen LogP contribution in [-0.2, 0) is 0 Å². The van der Waals surface area contributed by atoms with Gasteiger partial charge in [-0.05, 0) is 30.9 Å². The van der Waals surface area contributed by atoms with E-state index in [1.807, 2.05) is 37.2 Å². The molecule has 1 fully saturated rings. The molecule has 3 nitrogen and oxygen atoms in total. The first-order chi connectivity index (χ1) is 7.16. The van der Waals surface area contributed by atoms with Crippen molar-refractivity contribution < 1.29 is 4.74 Å². The second-order valence-corrected chi connectivity index (χ2v) is 4.37. The van der Waals surface area contributed by atoms with E-state index in [4.69, 9.17) is 10.5 Å². The number of ether oxygens (including phenoxy) is 1. The van der Waals surface area contributed by atoms with Crippen molar-refractivity contribution in [2.24, 2.45) is 5.92 Å². The molecule has 1 aromatic carbocycles. The lowest BCUT2D eigenvalue weighted by Crippen LogP contribution is -2.09. The normalized spacial score (nSPS) is 15.1. The van der Waals surface area contributed by atoms with E-state index in [-0.39, 0.29) is 0 Å². The lowest BCUT2D eigenvalue weighted by Gasteiger charge is -2.15. The molecule has 1 aromatic rings. The Morgan fingerprint density at radius 2 is 2.13 bits per heavy atom. The molecule has 0 amide bonds. The fraction of sp³-hybridized carbons (Fsp3) is 0.500. The van der Waals surface area contributed by atoms with E-state index in [2.05, 4.69) is 0 Å². The van der Waals surface area contributed by atoms with Crippen LogP contribution in [0.5, 0.6) is 5.75 Å². The van der Waals surface area contributed by atoms with Gasteiger partial charge in [0.15, 0.2) is 0 Å². The van der Waals surface area contributed by atoms with Crippen LogP contribution in [-0.4, -0.2) is 20.7 Å². The SMILES string of the molecule is CN(C)c1ccc(N)c(OCC2CC2)c1. The highest BCUT2D eigenvalue weighted by Gasteiger charge is 2.22. The summed E-state index contributed by atoms with van der Waals surface area (Å²) < 4.78 is 5.70. The van der Waals surface area contributed by atoms with Gasteiger partial charge in [0.2, 0.25) is 0 Å². The third-order valence-corrected chi connectivity index (χ3v) is 2.69. The largest absolute Gasteiger partial charge is 0.491 e. The van der Waals surface area contributed by atoms with E-state index in [0.717, 1.165) is 29.6 Å². The van der Waals surface area contributed by atoms with E-state index < -0.39 is 0 Å². The van der Waals surface area contributed by atoms with Crippen LogP contribution in [0, 0.1) is 5.92 Å². The van der Waals surface area contributed by atoms with Gasteiger partial charge in [-0.1, -0.05) is 0 Å². The Morgan fingerprint density at radius 1 is 1.40 bits per heavy atom. The Balaban J connectivity index is 2.08. The third kappa shape index (κ3) is 2.55. The van der Waals surface area contributed by atoms with Crippen LogP contribution in [0.25, 0.3) is 0 Å². The molecule has 0 atom stereocenters. The smallest absolute Gasteiger partial charge is 0.144 e. The lowest BCUT2D eigenvalue weighted by molar-refractivity contribution is 0.301. The first-order valence-electron chi connectivity index (χ1n) is 5.36. The summed E-state index contributed by atoms with van der Waals surface area (Å²) in [5.74, 6) is 1.57. The van der Waals surface area contributed by atoms with Crippen molar-refractivity contribution in [2.45, 2.75) is 12.8 Å². The predicted octanol–water partition coefficient (Wildman–Crippen LogP) is 2.12. The fourth-order valence-electron chi connectivity index (χ4n) is 1.42. The van der Waals surface area contributed by atoms with Crippen molar-refractivity contribution in [3.8, 4) is 5.75 Å². The molecule has 0 unspecified atom stereocenters. The average Bonchev–Trinajstić information content (AvgIpc) is 3.00. The van der Waals surface area contributed by atoms with Gasteiger partial charge in [-0.2, -0.15) is 0 Å². The number of hydrogen-bond donors (Lipinski definition) is 1. The molecule has 82 valence electrons. The monoisotopic (exact) mass is 206 g/mol. The molecule has 1 aliphatic rings. The van der Waals surface area contributed by atoms with Crippen LogP contribution in [0.4, 0.5) is 11.4 Å². The second kappa shape index (κ2) is 4.01. The maximum Gasteiger partial charge on any atom is 0.144 e. The zero-order valence-electron chi connectivity index (χ0n) is 9.36. The molecule has 0 heterocycles. The summed E-state index contributed by atoms with van der Waals surface area (Å²) in [5, 5.41) is 0. The van der Waals surface area contributed by atoms with Crippen molar-refractivity contribution in [1.82, 2.24) is 0 Å². The topological polar surface area (TPSA) is 38.5 Å². The number of benzene rings is 1. The maximum absolute atomic E-state index is 5.85. The van der Waals surface area contributed by atoms with Gasteiger partial charge >= 0.3 is 0 Å². The molecule has 0 aliphatic heterocycles. The first-order valence-corrected chi connectivity index (χ1v) is 5.36. The van der Waals surface area contributed by atoms with Gasteiger partial charge in [0.05, 0.1) is 12.3 Å². The van der Waals surface area contributed by atoms with Crippen LogP contribution < -0.4 is 15.4 Å². The molecule has 0 radical (unpaired) electrons. The lowest BCUT2D eigenvalue weighted by atomic mass is 10.2. The Bertz CT molecular complexity index is 345. The minimum Gasteiger partial charge on any atom is -0.491 e. The number of hydrogen-bond acceptors (Lipinski definition) is 3. The van der Waals surface area contributed by atoms with E-state index in [1.54, 1.807) is 0 Å². The number of nitrogens with zero attached hydrogens (tertiary/aromatic N) is 1. The number of rotatable bonds is 4. The van der Waals surface area contributed by atoms with E-state index in [9.17, 15) is 0 Å². The maximum atomic E-state index is 5.85. The average molecular weight is 206 g/mol. The summed E-state index contributed by atoms with van der Waals surface area (Å²) in [7, 11) is 4.02. The third-order valence-electron chi connectivity index (χ3n) is 2.69. The van der Waals surface area contributed by atoms with Gasteiger partial charge in [0.1, 0.15) is 5.75 Å². The summed E-state index contributed by atoms with van der Waals surface area (Å²) in [5.41, 5.74) is 7.70. The van der Waals surface area contributed by atoms with Gasteiger partial charge in [0, 0.05) is 25.8 Å². The van der Waals surface area contributed by atoms with Gasteiger partial charge < -0.3 is 15.4 Å². The zero-order chi connectivity index (χ0) is 10.8. The van der Waals surface area contributed by atoms with Crippen molar-refractivity contribution >= 4 is 11.4 Å².